The number of fused-ring (bicyclic) bond motifs is 1. The first-order valence-corrected chi connectivity index (χ1v) is 5.88. The highest BCUT2D eigenvalue weighted by Gasteiger charge is 2.13. The summed E-state index contributed by atoms with van der Waals surface area (Å²) in [6.45, 7) is 7.65. The molecule has 16 heavy (non-hydrogen) atoms. The third-order valence-corrected chi connectivity index (χ3v) is 2.81. The van der Waals surface area contributed by atoms with Gasteiger partial charge in [0.25, 0.3) is 0 Å². The molecule has 0 saturated heterocycles. The van der Waals surface area contributed by atoms with E-state index in [2.05, 4.69) is 50.0 Å². The lowest BCUT2D eigenvalue weighted by Gasteiger charge is -2.14. The minimum atomic E-state index is 0.479. The molecule has 0 saturated carbocycles. The Hall–Kier alpha value is -1.44. The molecule has 0 bridgehead atoms. The molecular formula is C14H17BO. The van der Waals surface area contributed by atoms with E-state index in [0.717, 1.165) is 12.4 Å². The normalized spacial score (nSPS) is 10.4. The van der Waals surface area contributed by atoms with Crippen molar-refractivity contribution in [1.29, 1.82) is 0 Å². The molecule has 0 amide bonds. The molecule has 2 aromatic carbocycles. The number of hydrogen-bond acceptors (Lipinski definition) is 1. The molecule has 0 aliphatic heterocycles. The average Bonchev–Trinajstić information content (AvgIpc) is 2.28. The number of hydrogen-bond donors (Lipinski definition) is 0. The molecule has 0 unspecified atom stereocenters. The second kappa shape index (κ2) is 4.61. The van der Waals surface area contributed by atoms with Gasteiger partial charge in [-0.15, -0.1) is 0 Å². The van der Waals surface area contributed by atoms with Crippen LogP contribution in [0.4, 0.5) is 0 Å². The number of rotatable bonds is 3. The highest BCUT2D eigenvalue weighted by atomic mass is 16.5. The minimum Gasteiger partial charge on any atom is -0.494 e. The van der Waals surface area contributed by atoms with Crippen LogP contribution in [0, 0.1) is 0 Å². The second-order valence-corrected chi connectivity index (χ2v) is 4.29. The summed E-state index contributed by atoms with van der Waals surface area (Å²) in [5.74, 6) is 1.02. The van der Waals surface area contributed by atoms with Crippen molar-refractivity contribution in [3.8, 4) is 5.75 Å². The van der Waals surface area contributed by atoms with Crippen LogP contribution in [0.2, 0.25) is 13.6 Å². The molecule has 0 spiro atoms. The summed E-state index contributed by atoms with van der Waals surface area (Å²) in [4.78, 5) is 0. The van der Waals surface area contributed by atoms with E-state index < -0.39 is 0 Å². The van der Waals surface area contributed by atoms with E-state index >= 15 is 0 Å². The van der Waals surface area contributed by atoms with Crippen molar-refractivity contribution in [1.82, 2.24) is 0 Å². The Morgan fingerprint density at radius 1 is 1.06 bits per heavy atom. The molecule has 82 valence electrons. The third kappa shape index (κ3) is 1.92. The molecular weight excluding hydrogens is 195 g/mol. The Morgan fingerprint density at radius 3 is 2.50 bits per heavy atom. The third-order valence-electron chi connectivity index (χ3n) is 2.81. The lowest BCUT2D eigenvalue weighted by atomic mass is 9.48. The molecule has 0 N–H and O–H groups in total. The van der Waals surface area contributed by atoms with Gasteiger partial charge in [-0.1, -0.05) is 44.0 Å². The fourth-order valence-electron chi connectivity index (χ4n) is 2.15. The highest BCUT2D eigenvalue weighted by Crippen LogP contribution is 2.19. The summed E-state index contributed by atoms with van der Waals surface area (Å²) in [6.07, 6.45) is 0. The van der Waals surface area contributed by atoms with Crippen LogP contribution in [-0.2, 0) is 0 Å². The maximum absolute atomic E-state index is 5.71. The van der Waals surface area contributed by atoms with Gasteiger partial charge in [-0.2, -0.15) is 0 Å². The van der Waals surface area contributed by atoms with E-state index in [1.54, 1.807) is 0 Å². The Balaban J connectivity index is 2.69. The van der Waals surface area contributed by atoms with Gasteiger partial charge >= 0.3 is 0 Å². The Kier molecular flexibility index (Phi) is 3.18. The molecule has 0 heterocycles. The van der Waals surface area contributed by atoms with E-state index in [0.29, 0.717) is 6.71 Å². The Bertz CT molecular complexity index is 491. The molecule has 1 nitrogen and oxygen atoms in total. The predicted octanol–water partition coefficient (Wildman–Crippen LogP) is 3.20. The van der Waals surface area contributed by atoms with Crippen molar-refractivity contribution >= 4 is 22.9 Å². The zero-order chi connectivity index (χ0) is 11.5. The van der Waals surface area contributed by atoms with Crippen molar-refractivity contribution in [2.45, 2.75) is 20.6 Å². The summed E-state index contributed by atoms with van der Waals surface area (Å²) in [5.41, 5.74) is 1.32. The van der Waals surface area contributed by atoms with Gasteiger partial charge in [0.05, 0.1) is 6.61 Å². The van der Waals surface area contributed by atoms with E-state index in [4.69, 9.17) is 4.74 Å². The molecule has 0 aromatic heterocycles. The van der Waals surface area contributed by atoms with E-state index in [-0.39, 0.29) is 0 Å². The van der Waals surface area contributed by atoms with Crippen molar-refractivity contribution in [2.75, 3.05) is 6.61 Å². The van der Waals surface area contributed by atoms with Crippen LogP contribution in [0.25, 0.3) is 10.8 Å². The van der Waals surface area contributed by atoms with Crippen LogP contribution >= 0.6 is 0 Å². The van der Waals surface area contributed by atoms with Crippen LogP contribution in [-0.4, -0.2) is 13.3 Å². The zero-order valence-corrected chi connectivity index (χ0v) is 10.2. The molecule has 0 aliphatic rings. The number of ether oxygens (including phenoxy) is 1. The quantitative estimate of drug-likeness (QED) is 0.710. The van der Waals surface area contributed by atoms with Crippen LogP contribution in [0.1, 0.15) is 6.92 Å². The Morgan fingerprint density at radius 2 is 1.81 bits per heavy atom. The van der Waals surface area contributed by atoms with Gasteiger partial charge in [-0.3, -0.25) is 0 Å². The molecule has 2 heteroatoms. The first-order chi connectivity index (χ1) is 7.74. The molecule has 0 atom stereocenters. The fourth-order valence-corrected chi connectivity index (χ4v) is 2.15. The van der Waals surface area contributed by atoms with Crippen LogP contribution < -0.4 is 10.2 Å². The lowest BCUT2D eigenvalue weighted by molar-refractivity contribution is 0.343. The summed E-state index contributed by atoms with van der Waals surface area (Å²) in [7, 11) is 0. The largest absolute Gasteiger partial charge is 0.494 e. The summed E-state index contributed by atoms with van der Waals surface area (Å²) >= 11 is 0. The van der Waals surface area contributed by atoms with Crippen LogP contribution in [0.15, 0.2) is 36.4 Å². The monoisotopic (exact) mass is 212 g/mol. The van der Waals surface area contributed by atoms with Gasteiger partial charge in [0, 0.05) is 0 Å². The van der Waals surface area contributed by atoms with Crippen molar-refractivity contribution < 1.29 is 4.74 Å². The Labute approximate surface area is 97.5 Å². The van der Waals surface area contributed by atoms with Gasteiger partial charge in [-0.25, -0.2) is 0 Å². The van der Waals surface area contributed by atoms with E-state index in [9.17, 15) is 0 Å². The predicted molar refractivity (Wildman–Crippen MR) is 72.2 cm³/mol. The standard InChI is InChI=1S/C14H17BO/c1-4-16-13-10-9-11-7-5-6-8-12(11)14(13)15(2)3/h5-10H,4H2,1-3H3. The maximum atomic E-state index is 5.71. The van der Waals surface area contributed by atoms with Gasteiger partial charge in [0.1, 0.15) is 5.75 Å². The zero-order valence-electron chi connectivity index (χ0n) is 10.2. The van der Waals surface area contributed by atoms with Crippen molar-refractivity contribution in [2.24, 2.45) is 0 Å². The molecule has 0 fully saturated rings. The molecule has 2 rings (SSSR count). The van der Waals surface area contributed by atoms with E-state index in [1.807, 2.05) is 6.92 Å². The average molecular weight is 212 g/mol. The fraction of sp³-hybridized carbons (Fsp3) is 0.286. The summed E-state index contributed by atoms with van der Waals surface area (Å²) in [5, 5.41) is 2.60. The van der Waals surface area contributed by atoms with Crippen LogP contribution in [0.3, 0.4) is 0 Å². The molecule has 2 aromatic rings. The summed E-state index contributed by atoms with van der Waals surface area (Å²) in [6, 6.07) is 12.7. The smallest absolute Gasteiger partial charge is 0.175 e. The highest BCUT2D eigenvalue weighted by molar-refractivity contribution is 6.74. The first-order valence-electron chi connectivity index (χ1n) is 5.88. The second-order valence-electron chi connectivity index (χ2n) is 4.29. The molecule has 0 aliphatic carbocycles. The maximum Gasteiger partial charge on any atom is 0.175 e. The van der Waals surface area contributed by atoms with Gasteiger partial charge in [-0.05, 0) is 29.2 Å². The van der Waals surface area contributed by atoms with Crippen molar-refractivity contribution in [3.63, 3.8) is 0 Å². The van der Waals surface area contributed by atoms with Gasteiger partial charge in [0.15, 0.2) is 6.71 Å². The topological polar surface area (TPSA) is 9.23 Å². The van der Waals surface area contributed by atoms with Crippen LogP contribution in [0.5, 0.6) is 5.75 Å². The summed E-state index contributed by atoms with van der Waals surface area (Å²) < 4.78 is 5.71. The number of benzene rings is 2. The first kappa shape index (κ1) is 11.1. The lowest BCUT2D eigenvalue weighted by Crippen LogP contribution is -2.26. The van der Waals surface area contributed by atoms with E-state index in [1.165, 1.54) is 16.2 Å². The molecule has 0 radical (unpaired) electrons. The van der Waals surface area contributed by atoms with Crippen molar-refractivity contribution in [3.05, 3.63) is 36.4 Å². The van der Waals surface area contributed by atoms with Gasteiger partial charge < -0.3 is 4.74 Å². The SMILES string of the molecule is CCOc1ccc2ccccc2c1B(C)C. The van der Waals surface area contributed by atoms with Gasteiger partial charge in [0.2, 0.25) is 0 Å². The minimum absolute atomic E-state index is 0.479.